The Hall–Kier alpha value is -0.610. The molecule has 2 fully saturated rings. The Morgan fingerprint density at radius 2 is 2.24 bits per heavy atom. The van der Waals surface area contributed by atoms with Crippen molar-refractivity contribution in [3.63, 3.8) is 0 Å². The summed E-state index contributed by atoms with van der Waals surface area (Å²) in [5.41, 5.74) is -1.10. The maximum Gasteiger partial charge on any atom is 0.341 e. The first-order valence-corrected chi connectivity index (χ1v) is 6.56. The molecule has 2 aliphatic heterocycles. The smallest absolute Gasteiger partial charge is 0.341 e. The van der Waals surface area contributed by atoms with Crippen molar-refractivity contribution < 1.29 is 19.0 Å². The SMILES string of the molecule is CCCC1(C(=O)OCC)OC1(C)C1CCOC1. The van der Waals surface area contributed by atoms with Crippen LogP contribution in [0.3, 0.4) is 0 Å². The predicted molar refractivity (Wildman–Crippen MR) is 62.7 cm³/mol. The Morgan fingerprint density at radius 1 is 1.47 bits per heavy atom. The first-order chi connectivity index (χ1) is 8.10. The van der Waals surface area contributed by atoms with Crippen molar-refractivity contribution >= 4 is 5.97 Å². The van der Waals surface area contributed by atoms with Crippen LogP contribution >= 0.6 is 0 Å². The van der Waals surface area contributed by atoms with Crippen molar-refractivity contribution in [3.05, 3.63) is 0 Å². The summed E-state index contributed by atoms with van der Waals surface area (Å²) in [5, 5.41) is 0. The molecule has 0 radical (unpaired) electrons. The highest BCUT2D eigenvalue weighted by atomic mass is 16.7. The van der Waals surface area contributed by atoms with Crippen molar-refractivity contribution in [2.75, 3.05) is 19.8 Å². The van der Waals surface area contributed by atoms with Gasteiger partial charge in [-0.1, -0.05) is 13.3 Å². The van der Waals surface area contributed by atoms with E-state index in [-0.39, 0.29) is 11.6 Å². The summed E-state index contributed by atoms with van der Waals surface area (Å²) in [5.74, 6) is 0.120. The predicted octanol–water partition coefficient (Wildman–Crippen LogP) is 1.91. The molecule has 0 bridgehead atoms. The Morgan fingerprint density at radius 3 is 2.76 bits per heavy atom. The minimum absolute atomic E-state index is 0.198. The zero-order chi connectivity index (χ0) is 12.5. The molecule has 17 heavy (non-hydrogen) atoms. The Labute approximate surface area is 103 Å². The van der Waals surface area contributed by atoms with Crippen LogP contribution in [0, 0.1) is 5.92 Å². The fourth-order valence-corrected chi connectivity index (χ4v) is 2.96. The molecule has 2 saturated heterocycles. The molecule has 0 aromatic rings. The summed E-state index contributed by atoms with van der Waals surface area (Å²) in [7, 11) is 0. The lowest BCUT2D eigenvalue weighted by Crippen LogP contribution is -2.38. The lowest BCUT2D eigenvalue weighted by Gasteiger charge is -2.19. The lowest BCUT2D eigenvalue weighted by atomic mass is 9.80. The van der Waals surface area contributed by atoms with Crippen molar-refractivity contribution in [2.24, 2.45) is 5.92 Å². The molecule has 0 N–H and O–H groups in total. The topological polar surface area (TPSA) is 48.1 Å². The van der Waals surface area contributed by atoms with E-state index in [9.17, 15) is 4.79 Å². The molecule has 0 saturated carbocycles. The maximum atomic E-state index is 12.1. The first-order valence-electron chi connectivity index (χ1n) is 6.56. The highest BCUT2D eigenvalue weighted by molar-refractivity contribution is 5.85. The van der Waals surface area contributed by atoms with Crippen molar-refractivity contribution in [1.82, 2.24) is 0 Å². The first kappa shape index (κ1) is 12.8. The van der Waals surface area contributed by atoms with Crippen LogP contribution in [0.15, 0.2) is 0 Å². The summed E-state index contributed by atoms with van der Waals surface area (Å²) in [6.07, 6.45) is 2.63. The molecule has 2 rings (SSSR count). The van der Waals surface area contributed by atoms with E-state index < -0.39 is 5.60 Å². The highest BCUT2D eigenvalue weighted by Crippen LogP contribution is 2.57. The summed E-state index contributed by atoms with van der Waals surface area (Å²) < 4.78 is 16.5. The normalized spacial score (nSPS) is 40.3. The van der Waals surface area contributed by atoms with Crippen LogP contribution in [0.25, 0.3) is 0 Å². The van der Waals surface area contributed by atoms with Gasteiger partial charge in [-0.3, -0.25) is 0 Å². The second-order valence-corrected chi connectivity index (χ2v) is 5.07. The molecule has 2 heterocycles. The molecule has 4 nitrogen and oxygen atoms in total. The molecule has 3 unspecified atom stereocenters. The van der Waals surface area contributed by atoms with E-state index in [0.717, 1.165) is 25.9 Å². The third-order valence-electron chi connectivity index (χ3n) is 4.06. The molecule has 98 valence electrons. The fraction of sp³-hybridized carbons (Fsp3) is 0.923. The van der Waals surface area contributed by atoms with E-state index >= 15 is 0 Å². The summed E-state index contributed by atoms with van der Waals surface area (Å²) in [6, 6.07) is 0. The van der Waals surface area contributed by atoms with E-state index in [1.54, 1.807) is 0 Å². The van der Waals surface area contributed by atoms with Gasteiger partial charge in [0.1, 0.15) is 5.60 Å². The molecule has 4 heteroatoms. The largest absolute Gasteiger partial charge is 0.464 e. The van der Waals surface area contributed by atoms with Gasteiger partial charge < -0.3 is 14.2 Å². The zero-order valence-corrected chi connectivity index (χ0v) is 11.0. The third kappa shape index (κ3) is 1.87. The third-order valence-corrected chi connectivity index (χ3v) is 4.06. The highest BCUT2D eigenvalue weighted by Gasteiger charge is 2.75. The number of hydrogen-bond donors (Lipinski definition) is 0. The monoisotopic (exact) mass is 242 g/mol. The van der Waals surface area contributed by atoms with Gasteiger partial charge in [-0.25, -0.2) is 4.79 Å². The van der Waals surface area contributed by atoms with Gasteiger partial charge in [0.15, 0.2) is 5.60 Å². The Bertz CT molecular complexity index is 298. The molecular formula is C13H22O4. The van der Waals surface area contributed by atoms with Crippen LogP contribution in [0.1, 0.15) is 40.0 Å². The lowest BCUT2D eigenvalue weighted by molar-refractivity contribution is -0.150. The van der Waals surface area contributed by atoms with Crippen molar-refractivity contribution in [3.8, 4) is 0 Å². The molecule has 3 atom stereocenters. The number of epoxide rings is 1. The number of esters is 1. The van der Waals surface area contributed by atoms with Gasteiger partial charge in [0, 0.05) is 12.5 Å². The maximum absolute atomic E-state index is 12.1. The molecule has 0 amide bonds. The molecule has 0 aromatic carbocycles. The van der Waals surface area contributed by atoms with E-state index in [4.69, 9.17) is 14.2 Å². The van der Waals surface area contributed by atoms with Gasteiger partial charge >= 0.3 is 5.97 Å². The number of hydrogen-bond acceptors (Lipinski definition) is 4. The van der Waals surface area contributed by atoms with Crippen molar-refractivity contribution in [1.29, 1.82) is 0 Å². The van der Waals surface area contributed by atoms with Crippen LogP contribution in [-0.4, -0.2) is 37.0 Å². The minimum atomic E-state index is -0.712. The zero-order valence-electron chi connectivity index (χ0n) is 11.0. The van der Waals surface area contributed by atoms with Gasteiger partial charge in [0.2, 0.25) is 0 Å². The summed E-state index contributed by atoms with van der Waals surface area (Å²) in [4.78, 5) is 12.1. The van der Waals surface area contributed by atoms with Gasteiger partial charge in [-0.05, 0) is 26.7 Å². The van der Waals surface area contributed by atoms with Crippen LogP contribution in [0.2, 0.25) is 0 Å². The minimum Gasteiger partial charge on any atom is -0.464 e. The van der Waals surface area contributed by atoms with Crippen molar-refractivity contribution in [2.45, 2.75) is 51.2 Å². The number of carbonyl (C=O) groups is 1. The van der Waals surface area contributed by atoms with Crippen LogP contribution in [0.5, 0.6) is 0 Å². The standard InChI is InChI=1S/C13H22O4/c1-4-7-13(11(14)16-5-2)12(3,17-13)10-6-8-15-9-10/h10H,4-9H2,1-3H3. The second kappa shape index (κ2) is 4.58. The van der Waals surface area contributed by atoms with Crippen LogP contribution in [0.4, 0.5) is 0 Å². The number of carbonyl (C=O) groups excluding carboxylic acids is 1. The summed E-state index contributed by atoms with van der Waals surface area (Å²) >= 11 is 0. The Balaban J connectivity index is 2.12. The Kier molecular flexibility index (Phi) is 3.46. The number of ether oxygens (including phenoxy) is 3. The second-order valence-electron chi connectivity index (χ2n) is 5.07. The quantitative estimate of drug-likeness (QED) is 0.546. The average Bonchev–Trinajstić information content (AvgIpc) is 2.69. The van der Waals surface area contributed by atoms with Crippen LogP contribution in [-0.2, 0) is 19.0 Å². The summed E-state index contributed by atoms with van der Waals surface area (Å²) in [6.45, 7) is 7.80. The molecule has 2 aliphatic rings. The van der Waals surface area contributed by atoms with Crippen LogP contribution < -0.4 is 0 Å². The fourth-order valence-electron chi connectivity index (χ4n) is 2.96. The van der Waals surface area contributed by atoms with Gasteiger partial charge in [-0.2, -0.15) is 0 Å². The molecule has 0 aromatic heterocycles. The average molecular weight is 242 g/mol. The van der Waals surface area contributed by atoms with E-state index in [0.29, 0.717) is 19.1 Å². The van der Waals surface area contributed by atoms with Gasteiger partial charge in [0.05, 0.1) is 13.2 Å². The molecular weight excluding hydrogens is 220 g/mol. The van der Waals surface area contributed by atoms with E-state index in [2.05, 4.69) is 6.92 Å². The van der Waals surface area contributed by atoms with Gasteiger partial charge in [-0.15, -0.1) is 0 Å². The molecule has 0 aliphatic carbocycles. The van der Waals surface area contributed by atoms with E-state index in [1.165, 1.54) is 0 Å². The molecule has 0 spiro atoms. The number of rotatable bonds is 5. The van der Waals surface area contributed by atoms with E-state index in [1.807, 2.05) is 13.8 Å². The van der Waals surface area contributed by atoms with Gasteiger partial charge in [0.25, 0.3) is 0 Å².